The van der Waals surface area contributed by atoms with E-state index < -0.39 is 30.2 Å². The number of carbonyl (C=O) groups is 3. The molecule has 0 aromatic heterocycles. The Kier molecular flexibility index (Phi) is 1.88. The van der Waals surface area contributed by atoms with Gasteiger partial charge in [0.25, 0.3) is 0 Å². The minimum absolute atomic E-state index is 0.235. The van der Waals surface area contributed by atoms with Crippen LogP contribution in [0, 0.1) is 0 Å². The summed E-state index contributed by atoms with van der Waals surface area (Å²) in [5, 5.41) is 9.88. The van der Waals surface area contributed by atoms with E-state index in [0.717, 1.165) is 0 Å². The average molecular weight is 198 g/mol. The molecule has 0 bridgehead atoms. The molecule has 76 valence electrons. The zero-order valence-electron chi connectivity index (χ0n) is 7.46. The van der Waals surface area contributed by atoms with Gasteiger partial charge >= 0.3 is 6.03 Å². The van der Waals surface area contributed by atoms with Gasteiger partial charge in [0.15, 0.2) is 0 Å². The number of fused-ring (bicyclic) bond motifs is 1. The molecule has 0 aromatic carbocycles. The van der Waals surface area contributed by atoms with Crippen molar-refractivity contribution < 1.29 is 14.4 Å². The summed E-state index contributed by atoms with van der Waals surface area (Å²) >= 11 is 0. The van der Waals surface area contributed by atoms with Gasteiger partial charge in [-0.3, -0.25) is 20.2 Å². The van der Waals surface area contributed by atoms with Crippen molar-refractivity contribution in [2.75, 3.05) is 0 Å². The predicted molar refractivity (Wildman–Crippen MR) is 45.0 cm³/mol. The Hall–Kier alpha value is -1.63. The molecular formula is C7H10N4O3. The van der Waals surface area contributed by atoms with E-state index >= 15 is 0 Å². The molecule has 2 fully saturated rings. The van der Waals surface area contributed by atoms with Gasteiger partial charge in [-0.25, -0.2) is 4.79 Å². The summed E-state index contributed by atoms with van der Waals surface area (Å²) in [5.41, 5.74) is 0. The van der Waals surface area contributed by atoms with Crippen LogP contribution in [-0.2, 0) is 9.59 Å². The molecule has 4 amide bonds. The maximum absolute atomic E-state index is 11.3. The molecule has 2 rings (SSSR count). The van der Waals surface area contributed by atoms with Crippen molar-refractivity contribution in [2.24, 2.45) is 0 Å². The van der Waals surface area contributed by atoms with Crippen LogP contribution in [0.3, 0.4) is 0 Å². The van der Waals surface area contributed by atoms with Gasteiger partial charge in [-0.05, 0) is 6.92 Å². The first kappa shape index (κ1) is 8.95. The van der Waals surface area contributed by atoms with Gasteiger partial charge < -0.3 is 10.6 Å². The summed E-state index contributed by atoms with van der Waals surface area (Å²) in [7, 11) is 0. The minimum Gasteiger partial charge on any atom is -0.333 e. The minimum atomic E-state index is -0.653. The van der Waals surface area contributed by atoms with Crippen LogP contribution in [0.2, 0.25) is 0 Å². The Morgan fingerprint density at radius 2 is 1.79 bits per heavy atom. The van der Waals surface area contributed by atoms with Crippen molar-refractivity contribution in [3.8, 4) is 0 Å². The molecule has 3 atom stereocenters. The normalized spacial score (nSPS) is 36.6. The molecule has 2 aliphatic heterocycles. The van der Waals surface area contributed by atoms with Gasteiger partial charge in [0, 0.05) is 0 Å². The molecule has 0 aliphatic carbocycles. The highest BCUT2D eigenvalue weighted by Crippen LogP contribution is 2.04. The number of imide groups is 1. The molecule has 7 heteroatoms. The SMILES string of the molecule is CC1NC2C(=O)NC(=O)NC2NC1=O. The summed E-state index contributed by atoms with van der Waals surface area (Å²) in [4.78, 5) is 33.4. The molecule has 3 unspecified atom stereocenters. The molecule has 2 aliphatic rings. The van der Waals surface area contributed by atoms with Crippen LogP contribution in [-0.4, -0.2) is 36.1 Å². The number of amides is 4. The van der Waals surface area contributed by atoms with E-state index in [4.69, 9.17) is 0 Å². The van der Waals surface area contributed by atoms with Crippen molar-refractivity contribution >= 4 is 17.8 Å². The van der Waals surface area contributed by atoms with Crippen molar-refractivity contribution in [1.29, 1.82) is 0 Å². The smallest absolute Gasteiger partial charge is 0.323 e. The Bertz CT molecular complexity index is 316. The molecule has 7 nitrogen and oxygen atoms in total. The fourth-order valence-electron chi connectivity index (χ4n) is 1.52. The third-order valence-electron chi connectivity index (χ3n) is 2.26. The molecule has 2 saturated heterocycles. The maximum Gasteiger partial charge on any atom is 0.323 e. The third kappa shape index (κ3) is 1.31. The molecule has 0 spiro atoms. The van der Waals surface area contributed by atoms with Gasteiger partial charge in [0.1, 0.15) is 12.2 Å². The Labute approximate surface area is 79.6 Å². The highest BCUT2D eigenvalue weighted by Gasteiger charge is 2.41. The highest BCUT2D eigenvalue weighted by atomic mass is 16.2. The Morgan fingerprint density at radius 3 is 2.50 bits per heavy atom. The second-order valence-corrected chi connectivity index (χ2v) is 3.31. The number of hydrogen-bond donors (Lipinski definition) is 4. The molecule has 2 heterocycles. The zero-order chi connectivity index (χ0) is 10.3. The molecule has 0 radical (unpaired) electrons. The van der Waals surface area contributed by atoms with Crippen LogP contribution in [0.15, 0.2) is 0 Å². The summed E-state index contributed by atoms with van der Waals surface area (Å²) in [5.74, 6) is -0.660. The first-order chi connectivity index (χ1) is 6.58. The molecule has 0 aromatic rings. The van der Waals surface area contributed by atoms with Crippen LogP contribution in [0.25, 0.3) is 0 Å². The van der Waals surface area contributed by atoms with Gasteiger partial charge in [-0.2, -0.15) is 0 Å². The van der Waals surface area contributed by atoms with E-state index in [1.807, 2.05) is 0 Å². The molecular weight excluding hydrogens is 188 g/mol. The second kappa shape index (κ2) is 2.95. The zero-order valence-corrected chi connectivity index (χ0v) is 7.46. The van der Waals surface area contributed by atoms with Crippen LogP contribution in [0.5, 0.6) is 0 Å². The van der Waals surface area contributed by atoms with Crippen LogP contribution in [0.1, 0.15) is 6.92 Å². The van der Waals surface area contributed by atoms with E-state index in [0.29, 0.717) is 0 Å². The highest BCUT2D eigenvalue weighted by molar-refractivity contribution is 6.02. The van der Waals surface area contributed by atoms with Crippen molar-refractivity contribution in [2.45, 2.75) is 25.2 Å². The average Bonchev–Trinajstić information content (AvgIpc) is 2.08. The van der Waals surface area contributed by atoms with E-state index in [9.17, 15) is 14.4 Å². The first-order valence-corrected chi connectivity index (χ1v) is 4.26. The molecule has 14 heavy (non-hydrogen) atoms. The second-order valence-electron chi connectivity index (χ2n) is 3.31. The van der Waals surface area contributed by atoms with Crippen molar-refractivity contribution in [3.05, 3.63) is 0 Å². The van der Waals surface area contributed by atoms with Gasteiger partial charge in [-0.15, -0.1) is 0 Å². The number of urea groups is 1. The largest absolute Gasteiger partial charge is 0.333 e. The van der Waals surface area contributed by atoms with Gasteiger partial charge in [0.2, 0.25) is 11.8 Å². The lowest BCUT2D eigenvalue weighted by Crippen LogP contribution is -2.76. The Morgan fingerprint density at radius 1 is 1.07 bits per heavy atom. The lowest BCUT2D eigenvalue weighted by molar-refractivity contribution is -0.131. The maximum atomic E-state index is 11.3. The fourth-order valence-corrected chi connectivity index (χ4v) is 1.52. The standard InChI is InChI=1S/C7H10N4O3/c1-2-5(12)9-4-3(8-2)6(13)11-7(14)10-4/h2-4,8H,1H3,(H,9,12)(H2,10,11,13,14). The van der Waals surface area contributed by atoms with E-state index in [1.165, 1.54) is 0 Å². The predicted octanol–water partition coefficient (Wildman–Crippen LogP) is -2.37. The van der Waals surface area contributed by atoms with Crippen molar-refractivity contribution in [1.82, 2.24) is 21.3 Å². The summed E-state index contributed by atoms with van der Waals surface area (Å²) in [6.45, 7) is 1.65. The quantitative estimate of drug-likeness (QED) is 0.349. The fraction of sp³-hybridized carbons (Fsp3) is 0.571. The number of carbonyl (C=O) groups excluding carboxylic acids is 3. The summed E-state index contributed by atoms with van der Waals surface area (Å²) in [6, 6.07) is -1.62. The topological polar surface area (TPSA) is 99.3 Å². The van der Waals surface area contributed by atoms with E-state index in [2.05, 4.69) is 21.3 Å². The molecule has 0 saturated carbocycles. The molecule has 4 N–H and O–H groups in total. The van der Waals surface area contributed by atoms with Crippen LogP contribution in [0.4, 0.5) is 4.79 Å². The third-order valence-corrected chi connectivity index (χ3v) is 2.26. The lowest BCUT2D eigenvalue weighted by atomic mass is 10.1. The first-order valence-electron chi connectivity index (χ1n) is 4.26. The van der Waals surface area contributed by atoms with E-state index in [1.54, 1.807) is 6.92 Å². The summed E-state index contributed by atoms with van der Waals surface area (Å²) < 4.78 is 0. The summed E-state index contributed by atoms with van der Waals surface area (Å²) in [6.07, 6.45) is -0.653. The van der Waals surface area contributed by atoms with E-state index in [-0.39, 0.29) is 5.91 Å². The number of piperazine rings is 1. The van der Waals surface area contributed by atoms with Crippen LogP contribution < -0.4 is 21.3 Å². The van der Waals surface area contributed by atoms with Gasteiger partial charge in [0.05, 0.1) is 6.04 Å². The lowest BCUT2D eigenvalue weighted by Gasteiger charge is -2.38. The number of nitrogens with one attached hydrogen (secondary N) is 4. The number of rotatable bonds is 0. The Balaban J connectivity index is 2.17. The van der Waals surface area contributed by atoms with Crippen LogP contribution >= 0.6 is 0 Å². The number of hydrogen-bond acceptors (Lipinski definition) is 4. The van der Waals surface area contributed by atoms with Gasteiger partial charge in [-0.1, -0.05) is 0 Å². The monoisotopic (exact) mass is 198 g/mol. The van der Waals surface area contributed by atoms with Crippen molar-refractivity contribution in [3.63, 3.8) is 0 Å².